The van der Waals surface area contributed by atoms with Crippen molar-refractivity contribution in [2.75, 3.05) is 0 Å². The number of amides is 1. The molecule has 2 unspecified atom stereocenters. The summed E-state index contributed by atoms with van der Waals surface area (Å²) in [7, 11) is 0. The lowest BCUT2D eigenvalue weighted by atomic mass is 9.96. The topological polar surface area (TPSA) is 55.4 Å². The molecule has 0 heterocycles. The van der Waals surface area contributed by atoms with Gasteiger partial charge in [0, 0.05) is 18.4 Å². The lowest BCUT2D eigenvalue weighted by Crippen LogP contribution is -2.34. The molecule has 1 aliphatic rings. The van der Waals surface area contributed by atoms with E-state index in [0.29, 0.717) is 12.7 Å². The highest BCUT2D eigenvalue weighted by molar-refractivity contribution is 5.54. The van der Waals surface area contributed by atoms with Gasteiger partial charge >= 0.3 is 6.36 Å². The number of halogens is 3. The standard InChI is InChI=1S/C12H12F3NO3/c13-12(14,15)19-10-4-2-1-3-9(7-10)11(5-6-17)16-8-18/h1-4,6-9,11H,5H2,(H,16,18). The smallest absolute Gasteiger partial charge is 0.406 e. The van der Waals surface area contributed by atoms with E-state index in [1.807, 2.05) is 0 Å². The zero-order valence-corrected chi connectivity index (χ0v) is 9.76. The number of allylic oxidation sites excluding steroid dienone is 3. The zero-order valence-electron chi connectivity index (χ0n) is 9.76. The third-order valence-corrected chi connectivity index (χ3v) is 2.39. The maximum Gasteiger partial charge on any atom is 0.573 e. The molecular weight excluding hydrogens is 263 g/mol. The van der Waals surface area contributed by atoms with Crippen molar-refractivity contribution in [3.05, 3.63) is 36.1 Å². The van der Waals surface area contributed by atoms with E-state index in [-0.39, 0.29) is 12.2 Å². The predicted molar refractivity (Wildman–Crippen MR) is 60.7 cm³/mol. The Morgan fingerprint density at radius 3 is 2.68 bits per heavy atom. The van der Waals surface area contributed by atoms with Crippen molar-refractivity contribution in [2.24, 2.45) is 5.92 Å². The minimum Gasteiger partial charge on any atom is -0.406 e. The van der Waals surface area contributed by atoms with Gasteiger partial charge in [-0.1, -0.05) is 18.2 Å². The van der Waals surface area contributed by atoms with Crippen LogP contribution in [0.2, 0.25) is 0 Å². The van der Waals surface area contributed by atoms with E-state index in [0.717, 1.165) is 6.08 Å². The van der Waals surface area contributed by atoms with Crippen LogP contribution < -0.4 is 5.32 Å². The average molecular weight is 275 g/mol. The van der Waals surface area contributed by atoms with Gasteiger partial charge in [0.1, 0.15) is 12.0 Å². The summed E-state index contributed by atoms with van der Waals surface area (Å²) >= 11 is 0. The monoisotopic (exact) mass is 275 g/mol. The van der Waals surface area contributed by atoms with Crippen LogP contribution in [0.4, 0.5) is 13.2 Å². The first-order valence-corrected chi connectivity index (χ1v) is 5.42. The van der Waals surface area contributed by atoms with Crippen molar-refractivity contribution in [1.82, 2.24) is 5.32 Å². The number of aldehydes is 1. The van der Waals surface area contributed by atoms with Crippen LogP contribution in [0.1, 0.15) is 6.42 Å². The van der Waals surface area contributed by atoms with E-state index >= 15 is 0 Å². The van der Waals surface area contributed by atoms with Gasteiger partial charge in [0.05, 0.1) is 0 Å². The van der Waals surface area contributed by atoms with Crippen molar-refractivity contribution in [1.29, 1.82) is 0 Å². The van der Waals surface area contributed by atoms with E-state index in [9.17, 15) is 22.8 Å². The third kappa shape index (κ3) is 5.41. The van der Waals surface area contributed by atoms with Gasteiger partial charge in [0.2, 0.25) is 6.41 Å². The molecule has 0 aromatic carbocycles. The van der Waals surface area contributed by atoms with Crippen molar-refractivity contribution in [2.45, 2.75) is 18.8 Å². The number of carbonyl (C=O) groups excluding carboxylic acids is 2. The van der Waals surface area contributed by atoms with E-state index in [2.05, 4.69) is 10.1 Å². The van der Waals surface area contributed by atoms with Gasteiger partial charge in [0.15, 0.2) is 0 Å². The quantitative estimate of drug-likeness (QED) is 0.753. The highest BCUT2D eigenvalue weighted by Crippen LogP contribution is 2.25. The molecule has 1 aliphatic carbocycles. The van der Waals surface area contributed by atoms with Crippen LogP contribution in [-0.2, 0) is 14.3 Å². The summed E-state index contributed by atoms with van der Waals surface area (Å²) < 4.78 is 40.3. The van der Waals surface area contributed by atoms with E-state index in [4.69, 9.17) is 0 Å². The van der Waals surface area contributed by atoms with Crippen LogP contribution in [0.15, 0.2) is 36.1 Å². The van der Waals surface area contributed by atoms with Crippen LogP contribution in [0, 0.1) is 5.92 Å². The van der Waals surface area contributed by atoms with Gasteiger partial charge in [-0.15, -0.1) is 13.2 Å². The highest BCUT2D eigenvalue weighted by Gasteiger charge is 2.32. The Labute approximate surface area is 107 Å². The third-order valence-electron chi connectivity index (χ3n) is 2.39. The molecule has 0 aromatic heterocycles. The summed E-state index contributed by atoms with van der Waals surface area (Å²) in [6.07, 6.45) is 3.04. The Balaban J connectivity index is 2.89. The fraction of sp³-hybridized carbons (Fsp3) is 0.333. The molecule has 4 nitrogen and oxygen atoms in total. The minimum absolute atomic E-state index is 0.0104. The molecule has 1 rings (SSSR count). The fourth-order valence-corrected chi connectivity index (χ4v) is 1.62. The lowest BCUT2D eigenvalue weighted by Gasteiger charge is -2.20. The number of hydrogen-bond donors (Lipinski definition) is 1. The molecule has 7 heteroatoms. The Morgan fingerprint density at radius 1 is 1.37 bits per heavy atom. The molecule has 2 atom stereocenters. The van der Waals surface area contributed by atoms with Crippen molar-refractivity contribution in [3.8, 4) is 0 Å². The van der Waals surface area contributed by atoms with Gasteiger partial charge in [-0.05, 0) is 12.2 Å². The Hall–Kier alpha value is -2.05. The van der Waals surface area contributed by atoms with Crippen LogP contribution in [0.25, 0.3) is 0 Å². The molecule has 0 saturated carbocycles. The largest absolute Gasteiger partial charge is 0.573 e. The van der Waals surface area contributed by atoms with Crippen molar-refractivity contribution in [3.63, 3.8) is 0 Å². The SMILES string of the molecule is O=CCC(NC=O)C1C=CC=CC(OC(F)(F)F)=C1. The van der Waals surface area contributed by atoms with E-state index < -0.39 is 18.3 Å². The normalized spacial score (nSPS) is 20.2. The van der Waals surface area contributed by atoms with E-state index in [1.54, 1.807) is 6.08 Å². The molecule has 104 valence electrons. The van der Waals surface area contributed by atoms with E-state index in [1.165, 1.54) is 18.2 Å². The molecule has 1 amide bonds. The molecule has 0 radical (unpaired) electrons. The molecule has 1 N–H and O–H groups in total. The number of carbonyl (C=O) groups is 2. The van der Waals surface area contributed by atoms with Gasteiger partial charge in [0.25, 0.3) is 0 Å². The Bertz CT molecular complexity index is 403. The Kier molecular flexibility index (Phi) is 5.35. The first kappa shape index (κ1) is 15.0. The maximum atomic E-state index is 12.2. The summed E-state index contributed by atoms with van der Waals surface area (Å²) in [5, 5.41) is 2.39. The van der Waals surface area contributed by atoms with Gasteiger partial charge in [-0.2, -0.15) is 0 Å². The first-order chi connectivity index (χ1) is 8.96. The number of ether oxygens (including phenoxy) is 1. The number of rotatable bonds is 6. The molecule has 0 spiro atoms. The van der Waals surface area contributed by atoms with Crippen molar-refractivity contribution >= 4 is 12.7 Å². The zero-order chi connectivity index (χ0) is 14.3. The first-order valence-electron chi connectivity index (χ1n) is 5.42. The second-order valence-electron chi connectivity index (χ2n) is 3.73. The van der Waals surface area contributed by atoms with Crippen LogP contribution in [0.3, 0.4) is 0 Å². The minimum atomic E-state index is -4.79. The molecule has 0 fully saturated rings. The molecule has 0 aliphatic heterocycles. The summed E-state index contributed by atoms with van der Waals surface area (Å²) in [5.41, 5.74) is 0. The maximum absolute atomic E-state index is 12.2. The lowest BCUT2D eigenvalue weighted by molar-refractivity contribution is -0.303. The highest BCUT2D eigenvalue weighted by atomic mass is 19.4. The second-order valence-corrected chi connectivity index (χ2v) is 3.73. The van der Waals surface area contributed by atoms with Crippen LogP contribution in [-0.4, -0.2) is 25.1 Å². The van der Waals surface area contributed by atoms with Crippen LogP contribution in [0.5, 0.6) is 0 Å². The average Bonchev–Trinajstić information content (AvgIpc) is 2.52. The summed E-state index contributed by atoms with van der Waals surface area (Å²) in [6.45, 7) is 0. The summed E-state index contributed by atoms with van der Waals surface area (Å²) in [4.78, 5) is 20.9. The molecule has 19 heavy (non-hydrogen) atoms. The molecular formula is C12H12F3NO3. The van der Waals surface area contributed by atoms with Gasteiger partial charge < -0.3 is 14.8 Å². The summed E-state index contributed by atoms with van der Waals surface area (Å²) in [6, 6.07) is -0.613. The number of alkyl halides is 3. The Morgan fingerprint density at radius 2 is 2.11 bits per heavy atom. The number of nitrogens with one attached hydrogen (secondary N) is 1. The van der Waals surface area contributed by atoms with Gasteiger partial charge in [-0.3, -0.25) is 4.79 Å². The number of hydrogen-bond acceptors (Lipinski definition) is 3. The fourth-order valence-electron chi connectivity index (χ4n) is 1.62. The van der Waals surface area contributed by atoms with Crippen LogP contribution >= 0.6 is 0 Å². The predicted octanol–water partition coefficient (Wildman–Crippen LogP) is 1.85. The van der Waals surface area contributed by atoms with Crippen molar-refractivity contribution < 1.29 is 27.5 Å². The summed E-state index contributed by atoms with van der Waals surface area (Å²) in [5.74, 6) is -0.950. The van der Waals surface area contributed by atoms with Gasteiger partial charge in [-0.25, -0.2) is 0 Å². The molecule has 0 aromatic rings. The molecule has 0 saturated heterocycles. The second kappa shape index (κ2) is 6.77. The molecule has 0 bridgehead atoms.